The second-order valence-corrected chi connectivity index (χ2v) is 7.34. The van der Waals surface area contributed by atoms with E-state index in [0.29, 0.717) is 18.3 Å². The van der Waals surface area contributed by atoms with Gasteiger partial charge in [-0.25, -0.2) is 0 Å². The lowest BCUT2D eigenvalue weighted by atomic mass is 10.1. The summed E-state index contributed by atoms with van der Waals surface area (Å²) in [6.45, 7) is 4.90. The van der Waals surface area contributed by atoms with Crippen LogP contribution in [0.1, 0.15) is 11.5 Å². The topological polar surface area (TPSA) is 54.6 Å². The Hall–Kier alpha value is -2.22. The second kappa shape index (κ2) is 7.99. The van der Waals surface area contributed by atoms with Gasteiger partial charge in [-0.2, -0.15) is 4.98 Å². The highest BCUT2D eigenvalue weighted by Crippen LogP contribution is 2.24. The van der Waals surface area contributed by atoms with Crippen molar-refractivity contribution in [3.05, 3.63) is 53.2 Å². The van der Waals surface area contributed by atoms with Gasteiger partial charge in [-0.15, -0.1) is 11.3 Å². The number of thiophene rings is 1. The Balaban J connectivity index is 1.43. The van der Waals surface area contributed by atoms with Crippen molar-refractivity contribution in [1.82, 2.24) is 15.0 Å². The molecule has 2 aromatic heterocycles. The number of ether oxygens (including phenoxy) is 1. The predicted molar refractivity (Wildman–Crippen MR) is 102 cm³/mol. The highest BCUT2D eigenvalue weighted by molar-refractivity contribution is 7.13. The number of benzene rings is 1. The summed E-state index contributed by atoms with van der Waals surface area (Å²) in [6, 6.07) is 12.6. The van der Waals surface area contributed by atoms with Gasteiger partial charge in [-0.1, -0.05) is 29.4 Å². The lowest BCUT2D eigenvalue weighted by molar-refractivity contribution is 0.122. The van der Waals surface area contributed by atoms with Gasteiger partial charge < -0.3 is 14.2 Å². The lowest BCUT2D eigenvalue weighted by Crippen LogP contribution is -2.37. The fraction of sp³-hybridized carbons (Fsp3) is 0.368. The zero-order valence-electron chi connectivity index (χ0n) is 14.8. The van der Waals surface area contributed by atoms with Crippen LogP contribution in [-0.2, 0) is 17.8 Å². The predicted octanol–water partition coefficient (Wildman–Crippen LogP) is 3.27. The molecule has 3 heterocycles. The van der Waals surface area contributed by atoms with E-state index in [2.05, 4.69) is 51.3 Å². The van der Waals surface area contributed by atoms with Crippen molar-refractivity contribution in [1.29, 1.82) is 0 Å². The fourth-order valence-corrected chi connectivity index (χ4v) is 3.81. The highest BCUT2D eigenvalue weighted by atomic mass is 32.1. The lowest BCUT2D eigenvalue weighted by Gasteiger charge is -2.31. The molecule has 0 bridgehead atoms. The van der Waals surface area contributed by atoms with Crippen LogP contribution in [0.4, 0.5) is 5.69 Å². The summed E-state index contributed by atoms with van der Waals surface area (Å²) in [5, 5.41) is 6.10. The van der Waals surface area contributed by atoms with Crippen molar-refractivity contribution in [3.63, 3.8) is 0 Å². The van der Waals surface area contributed by atoms with Crippen molar-refractivity contribution >= 4 is 17.0 Å². The molecule has 1 saturated heterocycles. The van der Waals surface area contributed by atoms with Crippen LogP contribution in [0.2, 0.25) is 0 Å². The minimum Gasteiger partial charge on any atom is -0.378 e. The number of anilines is 1. The van der Waals surface area contributed by atoms with Crippen molar-refractivity contribution in [2.24, 2.45) is 0 Å². The summed E-state index contributed by atoms with van der Waals surface area (Å²) >= 11 is 1.61. The number of hydrogen-bond donors (Lipinski definition) is 0. The van der Waals surface area contributed by atoms with Crippen LogP contribution in [0.25, 0.3) is 10.7 Å². The molecule has 0 atom stereocenters. The summed E-state index contributed by atoms with van der Waals surface area (Å²) < 4.78 is 10.9. The van der Waals surface area contributed by atoms with Crippen LogP contribution in [0.3, 0.4) is 0 Å². The summed E-state index contributed by atoms with van der Waals surface area (Å²) in [6.07, 6.45) is 0. The minimum atomic E-state index is 0.621. The number of nitrogens with zero attached hydrogens (tertiary/aromatic N) is 4. The van der Waals surface area contributed by atoms with Crippen LogP contribution in [0, 0.1) is 0 Å². The molecule has 6 nitrogen and oxygen atoms in total. The maximum Gasteiger partial charge on any atom is 0.241 e. The first-order chi connectivity index (χ1) is 12.8. The van der Waals surface area contributed by atoms with Gasteiger partial charge in [0.25, 0.3) is 0 Å². The first-order valence-electron chi connectivity index (χ1n) is 8.75. The Morgan fingerprint density at radius 1 is 1.12 bits per heavy atom. The molecule has 4 rings (SSSR count). The zero-order valence-corrected chi connectivity index (χ0v) is 15.6. The summed E-state index contributed by atoms with van der Waals surface area (Å²) in [5.41, 5.74) is 2.59. The molecule has 0 aliphatic carbocycles. The normalized spacial score (nSPS) is 14.9. The summed E-state index contributed by atoms with van der Waals surface area (Å²) in [4.78, 5) is 10.1. The Bertz CT molecular complexity index is 828. The molecule has 1 fully saturated rings. The summed E-state index contributed by atoms with van der Waals surface area (Å²) in [5.74, 6) is 1.30. The molecule has 7 heteroatoms. The van der Waals surface area contributed by atoms with E-state index in [-0.39, 0.29) is 0 Å². The van der Waals surface area contributed by atoms with Gasteiger partial charge in [-0.3, -0.25) is 4.90 Å². The molecule has 0 saturated carbocycles. The van der Waals surface area contributed by atoms with Crippen LogP contribution in [-0.4, -0.2) is 48.4 Å². The van der Waals surface area contributed by atoms with E-state index in [9.17, 15) is 0 Å². The molecule has 136 valence electrons. The van der Waals surface area contributed by atoms with E-state index in [1.54, 1.807) is 11.3 Å². The number of aromatic nitrogens is 2. The largest absolute Gasteiger partial charge is 0.378 e. The van der Waals surface area contributed by atoms with Crippen LogP contribution >= 0.6 is 11.3 Å². The Labute approximate surface area is 157 Å². The van der Waals surface area contributed by atoms with Crippen molar-refractivity contribution in [3.8, 4) is 10.7 Å². The monoisotopic (exact) mass is 370 g/mol. The van der Waals surface area contributed by atoms with Crippen LogP contribution < -0.4 is 4.90 Å². The molecule has 3 aromatic rings. The Kier molecular flexibility index (Phi) is 5.29. The molecule has 0 unspecified atom stereocenters. The standard InChI is InChI=1S/C19H22N4O2S/c1-22(14-18-20-19(21-25-18)17-7-4-12-26-17)13-15-5-2-3-6-16(15)23-8-10-24-11-9-23/h2-7,12H,8-11,13-14H2,1H3. The molecule has 26 heavy (non-hydrogen) atoms. The molecule has 0 spiro atoms. The zero-order chi connectivity index (χ0) is 17.8. The van der Waals surface area contributed by atoms with Gasteiger partial charge in [0, 0.05) is 25.3 Å². The minimum absolute atomic E-state index is 0.621. The Morgan fingerprint density at radius 3 is 2.77 bits per heavy atom. The van der Waals surface area contributed by atoms with Crippen LogP contribution in [0.15, 0.2) is 46.3 Å². The SMILES string of the molecule is CN(Cc1nc(-c2cccs2)no1)Cc1ccccc1N1CCOCC1. The van der Waals surface area contributed by atoms with E-state index in [4.69, 9.17) is 9.26 Å². The number of rotatable bonds is 6. The maximum atomic E-state index is 5.48. The van der Waals surface area contributed by atoms with Crippen molar-refractivity contribution in [2.75, 3.05) is 38.3 Å². The molecule has 1 aromatic carbocycles. The number of morpholine rings is 1. The third-order valence-corrected chi connectivity index (χ3v) is 5.26. The molecule has 1 aliphatic heterocycles. The third kappa shape index (κ3) is 3.95. The molecule has 0 N–H and O–H groups in total. The smallest absolute Gasteiger partial charge is 0.241 e. The van der Waals surface area contributed by atoms with Gasteiger partial charge >= 0.3 is 0 Å². The quantitative estimate of drug-likeness (QED) is 0.664. The van der Waals surface area contributed by atoms with Crippen molar-refractivity contribution in [2.45, 2.75) is 13.1 Å². The first-order valence-corrected chi connectivity index (χ1v) is 9.63. The highest BCUT2D eigenvalue weighted by Gasteiger charge is 2.16. The van der Waals surface area contributed by atoms with Gasteiger partial charge in [0.1, 0.15) is 0 Å². The van der Waals surface area contributed by atoms with Gasteiger partial charge in [0.05, 0.1) is 24.6 Å². The first kappa shape index (κ1) is 17.2. The average molecular weight is 370 g/mol. The second-order valence-electron chi connectivity index (χ2n) is 6.39. The summed E-state index contributed by atoms with van der Waals surface area (Å²) in [7, 11) is 2.07. The Morgan fingerprint density at radius 2 is 1.96 bits per heavy atom. The molecular formula is C19H22N4O2S. The fourth-order valence-electron chi connectivity index (χ4n) is 3.16. The van der Waals surface area contributed by atoms with E-state index < -0.39 is 0 Å². The van der Waals surface area contributed by atoms with E-state index in [0.717, 1.165) is 37.7 Å². The average Bonchev–Trinajstić information content (AvgIpc) is 3.34. The van der Waals surface area contributed by atoms with E-state index >= 15 is 0 Å². The molecule has 0 amide bonds. The van der Waals surface area contributed by atoms with Gasteiger partial charge in [-0.05, 0) is 30.1 Å². The van der Waals surface area contributed by atoms with E-state index in [1.165, 1.54) is 11.3 Å². The number of para-hydroxylation sites is 1. The third-order valence-electron chi connectivity index (χ3n) is 4.40. The van der Waals surface area contributed by atoms with Crippen molar-refractivity contribution < 1.29 is 9.26 Å². The molecular weight excluding hydrogens is 348 g/mol. The van der Waals surface area contributed by atoms with Gasteiger partial charge in [0.15, 0.2) is 0 Å². The van der Waals surface area contributed by atoms with Gasteiger partial charge in [0.2, 0.25) is 11.7 Å². The molecule has 1 aliphatic rings. The number of hydrogen-bond acceptors (Lipinski definition) is 7. The molecule has 0 radical (unpaired) electrons. The van der Waals surface area contributed by atoms with Crippen LogP contribution in [0.5, 0.6) is 0 Å². The van der Waals surface area contributed by atoms with E-state index in [1.807, 2.05) is 17.5 Å². The maximum absolute atomic E-state index is 5.48.